The Labute approximate surface area is 129 Å². The monoisotopic (exact) mass is 327 g/mol. The molecule has 0 aliphatic carbocycles. The van der Waals surface area contributed by atoms with E-state index in [-0.39, 0.29) is 17.3 Å². The van der Waals surface area contributed by atoms with Crippen molar-refractivity contribution in [2.24, 2.45) is 0 Å². The second-order valence-corrected chi connectivity index (χ2v) is 5.59. The summed E-state index contributed by atoms with van der Waals surface area (Å²) in [5, 5.41) is 7.48. The molecule has 21 heavy (non-hydrogen) atoms. The SMILES string of the molecule is Cc1nc(CNC(=O)C(=O)Nc2cc(F)ccc2Cl)cs1. The molecule has 2 aromatic rings. The molecule has 8 heteroatoms. The first-order chi connectivity index (χ1) is 9.95. The van der Waals surface area contributed by atoms with Crippen molar-refractivity contribution in [3.8, 4) is 0 Å². The number of carbonyl (C=O) groups excluding carboxylic acids is 2. The van der Waals surface area contributed by atoms with E-state index in [0.717, 1.165) is 17.1 Å². The third-order valence-electron chi connectivity index (χ3n) is 2.48. The predicted octanol–water partition coefficient (Wildman–Crippen LogP) is 2.50. The van der Waals surface area contributed by atoms with Gasteiger partial charge in [-0.15, -0.1) is 11.3 Å². The van der Waals surface area contributed by atoms with Gasteiger partial charge in [0.25, 0.3) is 0 Å². The van der Waals surface area contributed by atoms with Gasteiger partial charge in [0.1, 0.15) is 5.82 Å². The molecule has 0 spiro atoms. The van der Waals surface area contributed by atoms with Crippen LogP contribution in [0.5, 0.6) is 0 Å². The summed E-state index contributed by atoms with van der Waals surface area (Å²) in [6, 6.07) is 3.49. The quantitative estimate of drug-likeness (QED) is 0.851. The van der Waals surface area contributed by atoms with Crippen LogP contribution in [0.1, 0.15) is 10.7 Å². The fourth-order valence-corrected chi connectivity index (χ4v) is 2.29. The van der Waals surface area contributed by atoms with Crippen LogP contribution in [0, 0.1) is 12.7 Å². The van der Waals surface area contributed by atoms with Crippen LogP contribution < -0.4 is 10.6 Å². The second-order valence-electron chi connectivity index (χ2n) is 4.12. The molecule has 0 saturated carbocycles. The van der Waals surface area contributed by atoms with Gasteiger partial charge in [-0.25, -0.2) is 9.37 Å². The van der Waals surface area contributed by atoms with Gasteiger partial charge in [0.2, 0.25) is 0 Å². The summed E-state index contributed by atoms with van der Waals surface area (Å²) in [4.78, 5) is 27.5. The zero-order chi connectivity index (χ0) is 15.4. The van der Waals surface area contributed by atoms with E-state index in [4.69, 9.17) is 11.6 Å². The Morgan fingerprint density at radius 3 is 2.81 bits per heavy atom. The van der Waals surface area contributed by atoms with Crippen molar-refractivity contribution in [3.63, 3.8) is 0 Å². The van der Waals surface area contributed by atoms with E-state index in [2.05, 4.69) is 15.6 Å². The van der Waals surface area contributed by atoms with Crippen molar-refractivity contribution in [1.29, 1.82) is 0 Å². The van der Waals surface area contributed by atoms with Gasteiger partial charge in [-0.1, -0.05) is 11.6 Å². The van der Waals surface area contributed by atoms with Crippen molar-refractivity contribution in [2.75, 3.05) is 5.32 Å². The van der Waals surface area contributed by atoms with Crippen LogP contribution in [-0.4, -0.2) is 16.8 Å². The van der Waals surface area contributed by atoms with Crippen LogP contribution in [-0.2, 0) is 16.1 Å². The summed E-state index contributed by atoms with van der Waals surface area (Å²) >= 11 is 7.25. The number of halogens is 2. The van der Waals surface area contributed by atoms with Crippen molar-refractivity contribution in [1.82, 2.24) is 10.3 Å². The number of thiazole rings is 1. The molecule has 1 aromatic carbocycles. The number of nitrogens with one attached hydrogen (secondary N) is 2. The van der Waals surface area contributed by atoms with E-state index in [1.54, 1.807) is 5.38 Å². The molecule has 0 fully saturated rings. The molecule has 0 aliphatic heterocycles. The Balaban J connectivity index is 1.93. The van der Waals surface area contributed by atoms with Crippen molar-refractivity contribution < 1.29 is 14.0 Å². The average molecular weight is 328 g/mol. The highest BCUT2D eigenvalue weighted by Crippen LogP contribution is 2.22. The van der Waals surface area contributed by atoms with Gasteiger partial charge in [-0.05, 0) is 25.1 Å². The zero-order valence-electron chi connectivity index (χ0n) is 10.9. The van der Waals surface area contributed by atoms with E-state index in [1.165, 1.54) is 17.4 Å². The molecule has 1 aromatic heterocycles. The highest BCUT2D eigenvalue weighted by molar-refractivity contribution is 7.09. The molecule has 0 bridgehead atoms. The maximum Gasteiger partial charge on any atom is 0.313 e. The molecule has 0 unspecified atom stereocenters. The highest BCUT2D eigenvalue weighted by atomic mass is 35.5. The minimum absolute atomic E-state index is 0.0429. The summed E-state index contributed by atoms with van der Waals surface area (Å²) in [6.07, 6.45) is 0. The first-order valence-corrected chi connectivity index (χ1v) is 7.16. The average Bonchev–Trinajstić information content (AvgIpc) is 2.86. The molecule has 0 aliphatic rings. The van der Waals surface area contributed by atoms with Gasteiger partial charge in [-0.2, -0.15) is 0 Å². The number of anilines is 1. The third kappa shape index (κ3) is 4.24. The van der Waals surface area contributed by atoms with Crippen LogP contribution in [0.25, 0.3) is 0 Å². The van der Waals surface area contributed by atoms with Gasteiger partial charge in [-0.3, -0.25) is 9.59 Å². The van der Waals surface area contributed by atoms with Gasteiger partial charge in [0.15, 0.2) is 0 Å². The molecule has 2 amide bonds. The Morgan fingerprint density at radius 2 is 2.14 bits per heavy atom. The number of aromatic nitrogens is 1. The molecule has 0 saturated heterocycles. The molecule has 0 atom stereocenters. The molecule has 2 N–H and O–H groups in total. The van der Waals surface area contributed by atoms with E-state index in [9.17, 15) is 14.0 Å². The van der Waals surface area contributed by atoms with E-state index >= 15 is 0 Å². The number of hydrogen-bond acceptors (Lipinski definition) is 4. The maximum absolute atomic E-state index is 13.1. The summed E-state index contributed by atoms with van der Waals surface area (Å²) in [6.45, 7) is 1.99. The predicted molar refractivity (Wildman–Crippen MR) is 78.7 cm³/mol. The third-order valence-corrected chi connectivity index (χ3v) is 3.63. The van der Waals surface area contributed by atoms with Crippen LogP contribution in [0.2, 0.25) is 5.02 Å². The van der Waals surface area contributed by atoms with Crippen molar-refractivity contribution in [3.05, 3.63) is 45.1 Å². The summed E-state index contributed by atoms with van der Waals surface area (Å²) in [5.74, 6) is -2.33. The molecular formula is C13H11ClFN3O2S. The van der Waals surface area contributed by atoms with Crippen LogP contribution in [0.15, 0.2) is 23.6 Å². The lowest BCUT2D eigenvalue weighted by Crippen LogP contribution is -2.35. The van der Waals surface area contributed by atoms with Crippen LogP contribution in [0.3, 0.4) is 0 Å². The highest BCUT2D eigenvalue weighted by Gasteiger charge is 2.15. The Kier molecular flexibility index (Phi) is 4.87. The normalized spacial score (nSPS) is 10.2. The van der Waals surface area contributed by atoms with Crippen molar-refractivity contribution in [2.45, 2.75) is 13.5 Å². The number of aryl methyl sites for hydroxylation is 1. The molecule has 2 rings (SSSR count). The molecule has 110 valence electrons. The van der Waals surface area contributed by atoms with Gasteiger partial charge in [0, 0.05) is 5.38 Å². The number of rotatable bonds is 3. The number of amides is 2. The van der Waals surface area contributed by atoms with E-state index in [1.807, 2.05) is 6.92 Å². The first kappa shape index (κ1) is 15.4. The van der Waals surface area contributed by atoms with Gasteiger partial charge >= 0.3 is 11.8 Å². The van der Waals surface area contributed by atoms with Gasteiger partial charge in [0.05, 0.1) is 28.0 Å². The number of benzene rings is 1. The standard InChI is InChI=1S/C13H11ClFN3O2S/c1-7-17-9(6-21-7)5-16-12(19)13(20)18-11-4-8(15)2-3-10(11)14/h2-4,6H,5H2,1H3,(H,16,19)(H,18,20). The number of nitrogens with zero attached hydrogens (tertiary/aromatic N) is 1. The minimum Gasteiger partial charge on any atom is -0.342 e. The lowest BCUT2D eigenvalue weighted by atomic mass is 10.3. The Morgan fingerprint density at radius 1 is 1.38 bits per heavy atom. The second kappa shape index (κ2) is 6.64. The molecular weight excluding hydrogens is 317 g/mol. The lowest BCUT2D eigenvalue weighted by molar-refractivity contribution is -0.136. The first-order valence-electron chi connectivity index (χ1n) is 5.91. The number of hydrogen-bond donors (Lipinski definition) is 2. The summed E-state index contributed by atoms with van der Waals surface area (Å²) in [7, 11) is 0. The van der Waals surface area contributed by atoms with Gasteiger partial charge < -0.3 is 10.6 Å². The molecule has 0 radical (unpaired) electrons. The summed E-state index contributed by atoms with van der Waals surface area (Å²) in [5.41, 5.74) is 0.712. The zero-order valence-corrected chi connectivity index (χ0v) is 12.5. The maximum atomic E-state index is 13.1. The Bertz CT molecular complexity index is 690. The Hall–Kier alpha value is -1.99. The van der Waals surface area contributed by atoms with Crippen molar-refractivity contribution >= 4 is 40.4 Å². The number of carbonyl (C=O) groups is 2. The lowest BCUT2D eigenvalue weighted by Gasteiger charge is -2.07. The topological polar surface area (TPSA) is 71.1 Å². The minimum atomic E-state index is -0.922. The fourth-order valence-electron chi connectivity index (χ4n) is 1.51. The van der Waals surface area contributed by atoms with E-state index < -0.39 is 17.6 Å². The van der Waals surface area contributed by atoms with Crippen LogP contribution in [0.4, 0.5) is 10.1 Å². The smallest absolute Gasteiger partial charge is 0.313 e. The van der Waals surface area contributed by atoms with E-state index in [0.29, 0.717) is 5.69 Å². The fraction of sp³-hybridized carbons (Fsp3) is 0.154. The molecule has 1 heterocycles. The molecule has 5 nitrogen and oxygen atoms in total. The van der Waals surface area contributed by atoms with Crippen LogP contribution >= 0.6 is 22.9 Å². The largest absolute Gasteiger partial charge is 0.342 e. The summed E-state index contributed by atoms with van der Waals surface area (Å²) < 4.78 is 13.1.